The normalized spacial score (nSPS) is 15.2. The van der Waals surface area contributed by atoms with Crippen molar-refractivity contribution in [3.8, 4) is 0 Å². The molecule has 0 spiro atoms. The fourth-order valence-corrected chi connectivity index (χ4v) is 2.93. The van der Waals surface area contributed by atoms with Gasteiger partial charge in [-0.1, -0.05) is 0 Å². The molecule has 3 rings (SSSR count). The Kier molecular flexibility index (Phi) is 4.88. The van der Waals surface area contributed by atoms with Gasteiger partial charge in [0.2, 0.25) is 5.91 Å². The molecule has 0 aromatic carbocycles. The van der Waals surface area contributed by atoms with Crippen LogP contribution in [-0.4, -0.2) is 68.5 Å². The van der Waals surface area contributed by atoms with Crippen molar-refractivity contribution < 1.29 is 14.4 Å². The van der Waals surface area contributed by atoms with E-state index in [1.165, 1.54) is 9.80 Å². The van der Waals surface area contributed by atoms with E-state index >= 15 is 0 Å². The van der Waals surface area contributed by atoms with Crippen LogP contribution in [0.25, 0.3) is 11.0 Å². The smallest absolute Gasteiger partial charge is 0.312 e. The molecular formula is C17H22N6O3. The van der Waals surface area contributed by atoms with Gasteiger partial charge in [0, 0.05) is 31.1 Å². The van der Waals surface area contributed by atoms with Crippen molar-refractivity contribution in [3.05, 3.63) is 18.5 Å². The molecule has 1 aliphatic heterocycles. The van der Waals surface area contributed by atoms with E-state index in [0.717, 1.165) is 11.0 Å². The highest BCUT2D eigenvalue weighted by Crippen LogP contribution is 2.19. The van der Waals surface area contributed by atoms with E-state index in [0.29, 0.717) is 25.3 Å². The van der Waals surface area contributed by atoms with Crippen molar-refractivity contribution in [2.24, 2.45) is 0 Å². The van der Waals surface area contributed by atoms with Crippen LogP contribution in [0.5, 0.6) is 0 Å². The number of hydrogen-bond donors (Lipinski definition) is 1. The summed E-state index contributed by atoms with van der Waals surface area (Å²) >= 11 is 0. The lowest BCUT2D eigenvalue weighted by molar-refractivity contribution is -0.156. The first-order chi connectivity index (χ1) is 12.4. The van der Waals surface area contributed by atoms with Gasteiger partial charge in [-0.2, -0.15) is 5.10 Å². The third-order valence-corrected chi connectivity index (χ3v) is 4.32. The third kappa shape index (κ3) is 3.37. The second-order valence-electron chi connectivity index (χ2n) is 6.48. The molecule has 0 atom stereocenters. The highest BCUT2D eigenvalue weighted by Gasteiger charge is 2.32. The summed E-state index contributed by atoms with van der Waals surface area (Å²) in [6.45, 7) is 6.96. The number of likely N-dealkylation sites (N-methyl/N-ethyl adjacent to an activating group) is 1. The predicted octanol–water partition coefficient (Wildman–Crippen LogP) is 0.641. The molecule has 26 heavy (non-hydrogen) atoms. The standard InChI is InChI=1S/C17H22N6O3/c1-4-21-5-6-22(17(26)16(21)25)10-14(24)20-13-7-12-8-19-23(11(2)3)15(12)18-9-13/h7-9,11H,4-6,10H2,1-3H3,(H,20,24). The van der Waals surface area contributed by atoms with Crippen LogP contribution in [0.15, 0.2) is 18.5 Å². The maximum absolute atomic E-state index is 12.3. The summed E-state index contributed by atoms with van der Waals surface area (Å²) in [4.78, 5) is 43.3. The number of aromatic nitrogens is 3. The number of hydrogen-bond acceptors (Lipinski definition) is 5. The highest BCUT2D eigenvalue weighted by molar-refractivity contribution is 6.35. The number of amides is 3. The van der Waals surface area contributed by atoms with Gasteiger partial charge in [0.15, 0.2) is 5.65 Å². The van der Waals surface area contributed by atoms with E-state index in [1.54, 1.807) is 23.1 Å². The maximum atomic E-state index is 12.3. The largest absolute Gasteiger partial charge is 0.333 e. The molecule has 2 aromatic rings. The van der Waals surface area contributed by atoms with Crippen LogP contribution in [0.3, 0.4) is 0 Å². The fraction of sp³-hybridized carbons (Fsp3) is 0.471. The van der Waals surface area contributed by atoms with Crippen molar-refractivity contribution in [2.45, 2.75) is 26.8 Å². The van der Waals surface area contributed by atoms with Crippen molar-refractivity contribution in [1.82, 2.24) is 24.6 Å². The van der Waals surface area contributed by atoms with Crippen molar-refractivity contribution >= 4 is 34.4 Å². The highest BCUT2D eigenvalue weighted by atomic mass is 16.2. The predicted molar refractivity (Wildman–Crippen MR) is 95.4 cm³/mol. The Hall–Kier alpha value is -2.97. The first kappa shape index (κ1) is 17.8. The van der Waals surface area contributed by atoms with Gasteiger partial charge in [0.25, 0.3) is 0 Å². The molecule has 0 unspecified atom stereocenters. The zero-order valence-electron chi connectivity index (χ0n) is 15.1. The van der Waals surface area contributed by atoms with Gasteiger partial charge >= 0.3 is 11.8 Å². The Bertz CT molecular complexity index is 859. The number of piperazine rings is 1. The SMILES string of the molecule is CCN1CCN(CC(=O)Nc2cnc3c(cnn3C(C)C)c2)C(=O)C1=O. The molecule has 138 valence electrons. The topological polar surface area (TPSA) is 100 Å². The summed E-state index contributed by atoms with van der Waals surface area (Å²) < 4.78 is 1.80. The minimum Gasteiger partial charge on any atom is -0.333 e. The van der Waals surface area contributed by atoms with Crippen molar-refractivity contribution in [3.63, 3.8) is 0 Å². The molecule has 9 nitrogen and oxygen atoms in total. The van der Waals surface area contributed by atoms with Crippen LogP contribution in [0, 0.1) is 0 Å². The van der Waals surface area contributed by atoms with E-state index in [1.807, 2.05) is 20.8 Å². The van der Waals surface area contributed by atoms with Gasteiger partial charge in [-0.15, -0.1) is 0 Å². The zero-order chi connectivity index (χ0) is 18.8. The van der Waals surface area contributed by atoms with Crippen LogP contribution < -0.4 is 5.32 Å². The van der Waals surface area contributed by atoms with Gasteiger partial charge in [-0.25, -0.2) is 9.67 Å². The average Bonchev–Trinajstić information content (AvgIpc) is 3.02. The minimum absolute atomic E-state index is 0.161. The lowest BCUT2D eigenvalue weighted by atomic mass is 10.2. The Morgan fingerprint density at radius 2 is 1.88 bits per heavy atom. The molecule has 0 saturated carbocycles. The molecule has 2 aromatic heterocycles. The Labute approximate surface area is 151 Å². The van der Waals surface area contributed by atoms with Gasteiger partial charge in [0.1, 0.15) is 6.54 Å². The number of anilines is 1. The second-order valence-corrected chi connectivity index (χ2v) is 6.48. The van der Waals surface area contributed by atoms with E-state index in [4.69, 9.17) is 0 Å². The number of nitrogens with one attached hydrogen (secondary N) is 1. The van der Waals surface area contributed by atoms with Crippen LogP contribution >= 0.6 is 0 Å². The van der Waals surface area contributed by atoms with Crippen molar-refractivity contribution in [1.29, 1.82) is 0 Å². The summed E-state index contributed by atoms with van der Waals surface area (Å²) in [5.74, 6) is -1.57. The summed E-state index contributed by atoms with van der Waals surface area (Å²) in [5.41, 5.74) is 1.27. The van der Waals surface area contributed by atoms with E-state index < -0.39 is 11.8 Å². The van der Waals surface area contributed by atoms with E-state index in [-0.39, 0.29) is 18.5 Å². The number of pyridine rings is 1. The van der Waals surface area contributed by atoms with Crippen LogP contribution in [-0.2, 0) is 14.4 Å². The van der Waals surface area contributed by atoms with E-state index in [9.17, 15) is 14.4 Å². The molecule has 3 amide bonds. The summed E-state index contributed by atoms with van der Waals surface area (Å²) in [6, 6.07) is 1.97. The first-order valence-electron chi connectivity index (χ1n) is 8.62. The van der Waals surface area contributed by atoms with Gasteiger partial charge in [-0.3, -0.25) is 14.4 Å². The quantitative estimate of drug-likeness (QED) is 0.791. The molecule has 1 aliphatic rings. The summed E-state index contributed by atoms with van der Waals surface area (Å²) in [6.07, 6.45) is 3.26. The monoisotopic (exact) mass is 358 g/mol. The molecule has 1 fully saturated rings. The molecule has 3 heterocycles. The molecule has 9 heteroatoms. The van der Waals surface area contributed by atoms with Crippen LogP contribution in [0.2, 0.25) is 0 Å². The number of carbonyl (C=O) groups excluding carboxylic acids is 3. The average molecular weight is 358 g/mol. The van der Waals surface area contributed by atoms with E-state index in [2.05, 4.69) is 15.4 Å². The molecular weight excluding hydrogens is 336 g/mol. The molecule has 1 saturated heterocycles. The zero-order valence-corrected chi connectivity index (χ0v) is 15.1. The maximum Gasteiger partial charge on any atom is 0.312 e. The lowest BCUT2D eigenvalue weighted by Gasteiger charge is -2.32. The minimum atomic E-state index is -0.639. The molecule has 0 bridgehead atoms. The van der Waals surface area contributed by atoms with Gasteiger partial charge in [-0.05, 0) is 26.8 Å². The molecule has 1 N–H and O–H groups in total. The molecule has 0 aliphatic carbocycles. The van der Waals surface area contributed by atoms with Crippen molar-refractivity contribution in [2.75, 3.05) is 31.5 Å². The lowest BCUT2D eigenvalue weighted by Crippen LogP contribution is -2.55. The number of nitrogens with zero attached hydrogens (tertiary/aromatic N) is 5. The number of carbonyl (C=O) groups is 3. The first-order valence-corrected chi connectivity index (χ1v) is 8.62. The Morgan fingerprint density at radius 3 is 2.58 bits per heavy atom. The third-order valence-electron chi connectivity index (χ3n) is 4.32. The fourth-order valence-electron chi connectivity index (χ4n) is 2.93. The molecule has 0 radical (unpaired) electrons. The van der Waals surface area contributed by atoms with Gasteiger partial charge in [0.05, 0.1) is 18.1 Å². The summed E-state index contributed by atoms with van der Waals surface area (Å²) in [5, 5.41) is 7.83. The summed E-state index contributed by atoms with van der Waals surface area (Å²) in [7, 11) is 0. The van der Waals surface area contributed by atoms with Gasteiger partial charge < -0.3 is 15.1 Å². The Balaban J connectivity index is 1.66. The van der Waals surface area contributed by atoms with Crippen LogP contribution in [0.1, 0.15) is 26.8 Å². The number of rotatable bonds is 5. The Morgan fingerprint density at radius 1 is 1.19 bits per heavy atom. The number of fused-ring (bicyclic) bond motifs is 1. The van der Waals surface area contributed by atoms with Crippen LogP contribution in [0.4, 0.5) is 5.69 Å². The second kappa shape index (κ2) is 7.11.